The number of halogens is 4. The van der Waals surface area contributed by atoms with Gasteiger partial charge in [0.2, 0.25) is 0 Å². The highest BCUT2D eigenvalue weighted by Gasteiger charge is 2.34. The quantitative estimate of drug-likeness (QED) is 0.722. The third-order valence-electron chi connectivity index (χ3n) is 3.75. The molecular weight excluding hydrogens is 270 g/mol. The van der Waals surface area contributed by atoms with E-state index in [0.717, 1.165) is 37.8 Å². The van der Waals surface area contributed by atoms with Crippen LogP contribution in [0.4, 0.5) is 23.2 Å². The molecule has 0 radical (unpaired) electrons. The molecule has 0 atom stereocenters. The van der Waals surface area contributed by atoms with Crippen LogP contribution in [0.3, 0.4) is 0 Å². The second-order valence-electron chi connectivity index (χ2n) is 5.38. The molecular formula is C15H19F4N. The average molecular weight is 289 g/mol. The second kappa shape index (κ2) is 6.46. The third-order valence-corrected chi connectivity index (χ3v) is 3.75. The van der Waals surface area contributed by atoms with Gasteiger partial charge in [-0.05, 0) is 31.0 Å². The van der Waals surface area contributed by atoms with Crippen molar-refractivity contribution in [2.45, 2.75) is 57.2 Å². The molecule has 1 fully saturated rings. The molecule has 1 N–H and O–H groups in total. The minimum absolute atomic E-state index is 0.182. The first-order valence-corrected chi connectivity index (χ1v) is 7.10. The van der Waals surface area contributed by atoms with Crippen LogP contribution >= 0.6 is 0 Å². The van der Waals surface area contributed by atoms with Crippen molar-refractivity contribution in [1.29, 1.82) is 0 Å². The van der Waals surface area contributed by atoms with E-state index in [1.807, 2.05) is 0 Å². The molecule has 1 aliphatic carbocycles. The van der Waals surface area contributed by atoms with Crippen molar-refractivity contribution in [3.05, 3.63) is 29.6 Å². The summed E-state index contributed by atoms with van der Waals surface area (Å²) in [6, 6.07) is 3.31. The van der Waals surface area contributed by atoms with Gasteiger partial charge in [0.15, 0.2) is 0 Å². The summed E-state index contributed by atoms with van der Waals surface area (Å²) in [6.07, 6.45) is 3.03. The van der Waals surface area contributed by atoms with E-state index in [1.165, 1.54) is 25.3 Å². The van der Waals surface area contributed by atoms with E-state index in [9.17, 15) is 17.6 Å². The Morgan fingerprint density at radius 3 is 2.15 bits per heavy atom. The Morgan fingerprint density at radius 2 is 1.55 bits per heavy atom. The highest BCUT2D eigenvalue weighted by molar-refractivity contribution is 5.47. The lowest BCUT2D eigenvalue weighted by Gasteiger charge is -2.22. The second-order valence-corrected chi connectivity index (χ2v) is 5.38. The van der Waals surface area contributed by atoms with Gasteiger partial charge in [0.05, 0.1) is 5.56 Å². The fraction of sp³-hybridized carbons (Fsp3) is 0.600. The van der Waals surface area contributed by atoms with Crippen LogP contribution in [0.2, 0.25) is 0 Å². The zero-order chi connectivity index (χ0) is 14.6. The topological polar surface area (TPSA) is 12.0 Å². The Labute approximate surface area is 116 Å². The fourth-order valence-electron chi connectivity index (χ4n) is 2.67. The van der Waals surface area contributed by atoms with Crippen molar-refractivity contribution >= 4 is 5.69 Å². The van der Waals surface area contributed by atoms with Crippen LogP contribution in [0.1, 0.15) is 50.5 Å². The molecule has 1 aromatic carbocycles. The van der Waals surface area contributed by atoms with Crippen molar-refractivity contribution in [2.75, 3.05) is 5.32 Å². The number of alkyl halides is 3. The van der Waals surface area contributed by atoms with E-state index in [0.29, 0.717) is 5.69 Å². The van der Waals surface area contributed by atoms with Crippen molar-refractivity contribution < 1.29 is 17.6 Å². The molecule has 0 heterocycles. The number of anilines is 1. The van der Waals surface area contributed by atoms with Gasteiger partial charge in [-0.1, -0.05) is 32.1 Å². The fourth-order valence-corrected chi connectivity index (χ4v) is 2.67. The molecule has 0 amide bonds. The number of hydrogen-bond donors (Lipinski definition) is 1. The van der Waals surface area contributed by atoms with E-state index >= 15 is 0 Å². The van der Waals surface area contributed by atoms with E-state index in [1.54, 1.807) is 0 Å². The van der Waals surface area contributed by atoms with E-state index in [-0.39, 0.29) is 6.04 Å². The van der Waals surface area contributed by atoms with Gasteiger partial charge in [-0.2, -0.15) is 13.2 Å². The normalized spacial score (nSPS) is 18.4. The Bertz CT molecular complexity index is 434. The summed E-state index contributed by atoms with van der Waals surface area (Å²) in [4.78, 5) is 0. The molecule has 1 aliphatic rings. The van der Waals surface area contributed by atoms with Gasteiger partial charge in [-0.15, -0.1) is 0 Å². The Kier molecular flexibility index (Phi) is 4.89. The molecule has 20 heavy (non-hydrogen) atoms. The molecule has 1 aromatic rings. The summed E-state index contributed by atoms with van der Waals surface area (Å²) >= 11 is 0. The monoisotopic (exact) mass is 289 g/mol. The molecule has 0 unspecified atom stereocenters. The molecule has 0 bridgehead atoms. The van der Waals surface area contributed by atoms with Crippen molar-refractivity contribution in [3.63, 3.8) is 0 Å². The molecule has 0 aliphatic heterocycles. The first kappa shape index (κ1) is 15.1. The first-order valence-electron chi connectivity index (χ1n) is 7.10. The summed E-state index contributed by atoms with van der Waals surface area (Å²) < 4.78 is 51.2. The number of hydrogen-bond acceptors (Lipinski definition) is 1. The number of nitrogens with one attached hydrogen (secondary N) is 1. The minimum atomic E-state index is -4.65. The van der Waals surface area contributed by atoms with Crippen LogP contribution in [-0.4, -0.2) is 6.04 Å². The molecule has 0 aromatic heterocycles. The molecule has 1 nitrogen and oxygen atoms in total. The van der Waals surface area contributed by atoms with Crippen LogP contribution < -0.4 is 5.32 Å². The lowest BCUT2D eigenvalue weighted by Crippen LogP contribution is -2.21. The summed E-state index contributed by atoms with van der Waals surface area (Å²) in [5, 5.41) is 3.12. The molecule has 5 heteroatoms. The SMILES string of the molecule is Fc1ccc(NC2CCCCCCC2)cc1C(F)(F)F. The van der Waals surface area contributed by atoms with Crippen molar-refractivity contribution in [2.24, 2.45) is 0 Å². The van der Waals surface area contributed by atoms with Gasteiger partial charge < -0.3 is 5.32 Å². The smallest absolute Gasteiger partial charge is 0.382 e. The Morgan fingerprint density at radius 1 is 0.950 bits per heavy atom. The Hall–Kier alpha value is -1.26. The lowest BCUT2D eigenvalue weighted by atomic mass is 9.96. The summed E-state index contributed by atoms with van der Waals surface area (Å²) in [5.41, 5.74) is -0.849. The standard InChI is InChI=1S/C15H19F4N/c16-14-9-8-12(10-13(14)15(17,18)19)20-11-6-4-2-1-3-5-7-11/h8-11,20H,1-7H2. The largest absolute Gasteiger partial charge is 0.419 e. The zero-order valence-corrected chi connectivity index (χ0v) is 11.3. The summed E-state index contributed by atoms with van der Waals surface area (Å²) in [5.74, 6) is -1.22. The maximum atomic E-state index is 13.2. The predicted octanol–water partition coefficient (Wildman–Crippen LogP) is 5.37. The maximum absolute atomic E-state index is 13.2. The summed E-state index contributed by atoms with van der Waals surface area (Å²) in [7, 11) is 0. The average Bonchev–Trinajstić information content (AvgIpc) is 2.33. The van der Waals surface area contributed by atoms with Crippen molar-refractivity contribution in [1.82, 2.24) is 0 Å². The van der Waals surface area contributed by atoms with E-state index in [2.05, 4.69) is 5.32 Å². The van der Waals surface area contributed by atoms with Crippen LogP contribution in [0.25, 0.3) is 0 Å². The zero-order valence-electron chi connectivity index (χ0n) is 11.3. The van der Waals surface area contributed by atoms with Crippen LogP contribution in [-0.2, 0) is 6.18 Å². The molecule has 112 valence electrons. The van der Waals surface area contributed by atoms with E-state index < -0.39 is 17.6 Å². The van der Waals surface area contributed by atoms with Crippen LogP contribution in [0.15, 0.2) is 18.2 Å². The lowest BCUT2D eigenvalue weighted by molar-refractivity contribution is -0.139. The van der Waals surface area contributed by atoms with E-state index in [4.69, 9.17) is 0 Å². The third kappa shape index (κ3) is 4.12. The van der Waals surface area contributed by atoms with Crippen molar-refractivity contribution in [3.8, 4) is 0 Å². The highest BCUT2D eigenvalue weighted by Crippen LogP contribution is 2.33. The van der Waals surface area contributed by atoms with Gasteiger partial charge in [-0.3, -0.25) is 0 Å². The van der Waals surface area contributed by atoms with Crippen LogP contribution in [0.5, 0.6) is 0 Å². The van der Waals surface area contributed by atoms with Gasteiger partial charge in [-0.25, -0.2) is 4.39 Å². The summed E-state index contributed by atoms with van der Waals surface area (Å²) in [6.45, 7) is 0. The number of benzene rings is 1. The molecule has 1 saturated carbocycles. The number of rotatable bonds is 2. The highest BCUT2D eigenvalue weighted by atomic mass is 19.4. The first-order chi connectivity index (χ1) is 9.47. The van der Waals surface area contributed by atoms with Gasteiger partial charge in [0.25, 0.3) is 0 Å². The van der Waals surface area contributed by atoms with Gasteiger partial charge in [0.1, 0.15) is 5.82 Å². The predicted molar refractivity (Wildman–Crippen MR) is 71.1 cm³/mol. The van der Waals surface area contributed by atoms with Crippen LogP contribution in [0, 0.1) is 5.82 Å². The molecule has 0 spiro atoms. The Balaban J connectivity index is 2.08. The molecule has 0 saturated heterocycles. The molecule has 2 rings (SSSR count). The van der Waals surface area contributed by atoms with Gasteiger partial charge >= 0.3 is 6.18 Å². The minimum Gasteiger partial charge on any atom is -0.382 e. The maximum Gasteiger partial charge on any atom is 0.419 e. The van der Waals surface area contributed by atoms with Gasteiger partial charge in [0, 0.05) is 11.7 Å².